The van der Waals surface area contributed by atoms with Gasteiger partial charge >= 0.3 is 0 Å². The summed E-state index contributed by atoms with van der Waals surface area (Å²) in [5.74, 6) is -0.297. The van der Waals surface area contributed by atoms with Gasteiger partial charge in [-0.1, -0.05) is 45.9 Å². The molecule has 0 atom stereocenters. The molecule has 0 saturated carbocycles. The van der Waals surface area contributed by atoms with E-state index in [1.807, 2.05) is 65.0 Å². The van der Waals surface area contributed by atoms with Crippen molar-refractivity contribution in [2.45, 2.75) is 52.4 Å². The number of anilines is 1. The number of nitrogens with one attached hydrogen (secondary N) is 1. The molecule has 0 fully saturated rings. The fourth-order valence-electron chi connectivity index (χ4n) is 3.37. The molecule has 7 nitrogen and oxygen atoms in total. The van der Waals surface area contributed by atoms with Crippen LogP contribution in [0.5, 0.6) is 0 Å². The standard InChI is InChI=1S/C23H28N4O3S.C2H6/c1-4-15-26(16-5-2)31(29,30)21-13-11-19(12-14-21)25-23(28)22-17-24-27(18(22)3)20-9-7-6-8-10-20;1-2/h6-14,17H,4-5,15-16H2,1-3H3,(H,25,28);1-2H3. The van der Waals surface area contributed by atoms with Gasteiger partial charge in [0.25, 0.3) is 5.91 Å². The lowest BCUT2D eigenvalue weighted by atomic mass is 10.2. The topological polar surface area (TPSA) is 84.3 Å². The fourth-order valence-corrected chi connectivity index (χ4v) is 4.99. The van der Waals surface area contributed by atoms with Gasteiger partial charge in [0.05, 0.1) is 28.0 Å². The van der Waals surface area contributed by atoms with Crippen LogP contribution in [0.25, 0.3) is 5.69 Å². The normalized spacial score (nSPS) is 11.1. The predicted molar refractivity (Wildman–Crippen MR) is 133 cm³/mol. The Balaban J connectivity index is 0.00000187. The van der Waals surface area contributed by atoms with Gasteiger partial charge in [-0.15, -0.1) is 0 Å². The molecule has 3 aromatic rings. The molecule has 1 aromatic heterocycles. The van der Waals surface area contributed by atoms with Crippen molar-refractivity contribution in [2.24, 2.45) is 0 Å². The molecule has 0 radical (unpaired) electrons. The van der Waals surface area contributed by atoms with Crippen LogP contribution in [-0.4, -0.2) is 41.5 Å². The smallest absolute Gasteiger partial charge is 0.259 e. The maximum absolute atomic E-state index is 12.9. The molecule has 8 heteroatoms. The highest BCUT2D eigenvalue weighted by atomic mass is 32.2. The molecule has 1 N–H and O–H groups in total. The van der Waals surface area contributed by atoms with Crippen LogP contribution in [0.4, 0.5) is 5.69 Å². The summed E-state index contributed by atoms with van der Waals surface area (Å²) in [5, 5.41) is 7.14. The van der Waals surface area contributed by atoms with Crippen LogP contribution in [0.15, 0.2) is 65.7 Å². The number of sulfonamides is 1. The Bertz CT molecular complexity index is 1120. The van der Waals surface area contributed by atoms with E-state index in [4.69, 9.17) is 0 Å². The third-order valence-corrected chi connectivity index (χ3v) is 6.86. The SMILES string of the molecule is CC.CCCN(CCC)S(=O)(=O)c1ccc(NC(=O)c2cnn(-c3ccccc3)c2C)cc1. The molecule has 3 rings (SSSR count). The maximum atomic E-state index is 12.9. The summed E-state index contributed by atoms with van der Waals surface area (Å²) in [5.41, 5.74) is 2.57. The fraction of sp³-hybridized carbons (Fsp3) is 0.360. The third-order valence-electron chi connectivity index (χ3n) is 4.95. The molecular weight excluding hydrogens is 436 g/mol. The van der Waals surface area contributed by atoms with E-state index in [-0.39, 0.29) is 10.8 Å². The second-order valence-electron chi connectivity index (χ2n) is 7.27. The van der Waals surface area contributed by atoms with Crippen molar-refractivity contribution in [3.63, 3.8) is 0 Å². The van der Waals surface area contributed by atoms with Crippen molar-refractivity contribution < 1.29 is 13.2 Å². The van der Waals surface area contributed by atoms with E-state index in [1.165, 1.54) is 22.6 Å². The zero-order valence-electron chi connectivity index (χ0n) is 20.1. The Kier molecular flexibility index (Phi) is 9.81. The van der Waals surface area contributed by atoms with Crippen molar-refractivity contribution in [3.8, 4) is 5.69 Å². The zero-order valence-corrected chi connectivity index (χ0v) is 20.9. The number of carbonyl (C=O) groups excluding carboxylic acids is 1. The average Bonchev–Trinajstić information content (AvgIpc) is 3.22. The number of carbonyl (C=O) groups is 1. The van der Waals surface area contributed by atoms with Crippen molar-refractivity contribution in [1.82, 2.24) is 14.1 Å². The second kappa shape index (κ2) is 12.3. The summed E-state index contributed by atoms with van der Waals surface area (Å²) in [6, 6.07) is 15.9. The lowest BCUT2D eigenvalue weighted by Crippen LogP contribution is -2.32. The summed E-state index contributed by atoms with van der Waals surface area (Å²) in [7, 11) is -3.55. The van der Waals surface area contributed by atoms with Crippen LogP contribution >= 0.6 is 0 Å². The molecule has 1 amide bonds. The van der Waals surface area contributed by atoms with Crippen LogP contribution in [0.1, 0.15) is 56.6 Å². The molecule has 0 aliphatic rings. The Labute approximate surface area is 197 Å². The van der Waals surface area contributed by atoms with Crippen molar-refractivity contribution in [1.29, 1.82) is 0 Å². The Morgan fingerprint density at radius 2 is 1.55 bits per heavy atom. The zero-order chi connectivity index (χ0) is 24.4. The molecule has 0 aliphatic heterocycles. The number of amides is 1. The number of nitrogens with zero attached hydrogens (tertiary/aromatic N) is 3. The molecule has 0 spiro atoms. The molecule has 178 valence electrons. The minimum Gasteiger partial charge on any atom is -0.322 e. The van der Waals surface area contributed by atoms with E-state index in [2.05, 4.69) is 10.4 Å². The third kappa shape index (κ3) is 6.30. The van der Waals surface area contributed by atoms with Crippen molar-refractivity contribution in [3.05, 3.63) is 72.1 Å². The first-order valence-corrected chi connectivity index (χ1v) is 12.8. The molecule has 2 aromatic carbocycles. The van der Waals surface area contributed by atoms with Gasteiger partial charge in [0.15, 0.2) is 0 Å². The van der Waals surface area contributed by atoms with Crippen molar-refractivity contribution >= 4 is 21.6 Å². The van der Waals surface area contributed by atoms with Gasteiger partial charge in [0, 0.05) is 18.8 Å². The first kappa shape index (κ1) is 26.3. The van der Waals surface area contributed by atoms with E-state index in [0.717, 1.165) is 24.2 Å². The van der Waals surface area contributed by atoms with Crippen molar-refractivity contribution in [2.75, 3.05) is 18.4 Å². The number of benzene rings is 2. The number of hydrogen-bond acceptors (Lipinski definition) is 4. The summed E-state index contributed by atoms with van der Waals surface area (Å²) < 4.78 is 29.0. The number of hydrogen-bond donors (Lipinski definition) is 1. The van der Waals surface area contributed by atoms with Crippen LogP contribution < -0.4 is 5.32 Å². The summed E-state index contributed by atoms with van der Waals surface area (Å²) >= 11 is 0. The summed E-state index contributed by atoms with van der Waals surface area (Å²) in [6.07, 6.45) is 3.04. The molecule has 1 heterocycles. The molecule has 0 saturated heterocycles. The Hall–Kier alpha value is -2.97. The quantitative estimate of drug-likeness (QED) is 0.462. The van der Waals surface area contributed by atoms with Crippen LogP contribution in [0.2, 0.25) is 0 Å². The minimum absolute atomic E-state index is 0.223. The summed E-state index contributed by atoms with van der Waals surface area (Å²) in [4.78, 5) is 13.0. The highest BCUT2D eigenvalue weighted by Gasteiger charge is 2.23. The van der Waals surface area contributed by atoms with Gasteiger partial charge < -0.3 is 5.32 Å². The molecule has 0 unspecified atom stereocenters. The first-order valence-electron chi connectivity index (χ1n) is 11.4. The van der Waals surface area contributed by atoms with Gasteiger partial charge in [0.2, 0.25) is 10.0 Å². The van der Waals surface area contributed by atoms with E-state index >= 15 is 0 Å². The van der Waals surface area contributed by atoms with Gasteiger partial charge in [0.1, 0.15) is 0 Å². The van der Waals surface area contributed by atoms with E-state index in [0.29, 0.717) is 24.3 Å². The monoisotopic (exact) mass is 470 g/mol. The van der Waals surface area contributed by atoms with Crippen LogP contribution in [0, 0.1) is 6.92 Å². The minimum atomic E-state index is -3.55. The van der Waals surface area contributed by atoms with Gasteiger partial charge in [-0.2, -0.15) is 9.40 Å². The molecule has 0 aliphatic carbocycles. The Morgan fingerprint density at radius 1 is 0.970 bits per heavy atom. The predicted octanol–water partition coefficient (Wildman–Crippen LogP) is 5.27. The second-order valence-corrected chi connectivity index (χ2v) is 9.21. The van der Waals surface area contributed by atoms with E-state index < -0.39 is 10.0 Å². The molecule has 33 heavy (non-hydrogen) atoms. The highest BCUT2D eigenvalue weighted by molar-refractivity contribution is 7.89. The van der Waals surface area contributed by atoms with E-state index in [9.17, 15) is 13.2 Å². The van der Waals surface area contributed by atoms with Crippen LogP contribution in [0.3, 0.4) is 0 Å². The number of rotatable bonds is 9. The highest BCUT2D eigenvalue weighted by Crippen LogP contribution is 2.20. The largest absolute Gasteiger partial charge is 0.322 e. The van der Waals surface area contributed by atoms with Gasteiger partial charge in [-0.3, -0.25) is 4.79 Å². The maximum Gasteiger partial charge on any atom is 0.259 e. The van der Waals surface area contributed by atoms with E-state index in [1.54, 1.807) is 16.8 Å². The molecule has 0 bridgehead atoms. The lowest BCUT2D eigenvalue weighted by Gasteiger charge is -2.21. The Morgan fingerprint density at radius 3 is 2.09 bits per heavy atom. The summed E-state index contributed by atoms with van der Waals surface area (Å²) in [6.45, 7) is 10.7. The van der Waals surface area contributed by atoms with Crippen LogP contribution in [-0.2, 0) is 10.0 Å². The average molecular weight is 471 g/mol. The van der Waals surface area contributed by atoms with Gasteiger partial charge in [-0.25, -0.2) is 13.1 Å². The first-order chi connectivity index (χ1) is 15.9. The lowest BCUT2D eigenvalue weighted by molar-refractivity contribution is 0.102. The number of aromatic nitrogens is 2. The number of para-hydroxylation sites is 1. The van der Waals surface area contributed by atoms with Gasteiger partial charge in [-0.05, 0) is 56.2 Å². The molecular formula is C25H34N4O3S.